The third-order valence-electron chi connectivity index (χ3n) is 2.23. The molecule has 80 valence electrons. The standard InChI is InChI=1S/C12H10N2O2/c1-16-10-3-2-9(8-15)11(6-10)12-7-13-4-5-14-12/h2-8H,1H3. The predicted octanol–water partition coefficient (Wildman–Crippen LogP) is 1.96. The van der Waals surface area contributed by atoms with Gasteiger partial charge < -0.3 is 4.74 Å². The molecule has 0 aliphatic rings. The molecule has 0 spiro atoms. The van der Waals surface area contributed by atoms with Gasteiger partial charge in [0, 0.05) is 23.5 Å². The molecule has 0 aliphatic heterocycles. The number of nitrogens with zero attached hydrogens (tertiary/aromatic N) is 2. The van der Waals surface area contributed by atoms with Crippen LogP contribution in [-0.2, 0) is 0 Å². The Labute approximate surface area is 92.9 Å². The number of aromatic nitrogens is 2. The minimum absolute atomic E-state index is 0.571. The Hall–Kier alpha value is -2.23. The van der Waals surface area contributed by atoms with Gasteiger partial charge in [-0.1, -0.05) is 0 Å². The molecule has 0 atom stereocenters. The molecule has 0 N–H and O–H groups in total. The lowest BCUT2D eigenvalue weighted by Gasteiger charge is -2.06. The molecule has 2 rings (SSSR count). The van der Waals surface area contributed by atoms with Crippen molar-refractivity contribution in [2.45, 2.75) is 0 Å². The number of rotatable bonds is 3. The molecule has 2 aromatic rings. The summed E-state index contributed by atoms with van der Waals surface area (Å²) in [5, 5.41) is 0. The molecule has 1 heterocycles. The van der Waals surface area contributed by atoms with Crippen LogP contribution in [0.4, 0.5) is 0 Å². The van der Waals surface area contributed by atoms with Gasteiger partial charge in [-0.05, 0) is 18.2 Å². The van der Waals surface area contributed by atoms with Gasteiger partial charge in [0.2, 0.25) is 0 Å². The second-order valence-electron chi connectivity index (χ2n) is 3.16. The first kappa shape index (κ1) is 10.3. The highest BCUT2D eigenvalue weighted by Crippen LogP contribution is 2.24. The average Bonchev–Trinajstić information content (AvgIpc) is 2.39. The predicted molar refractivity (Wildman–Crippen MR) is 59.4 cm³/mol. The topological polar surface area (TPSA) is 52.1 Å². The zero-order valence-corrected chi connectivity index (χ0v) is 8.75. The fourth-order valence-electron chi connectivity index (χ4n) is 1.43. The summed E-state index contributed by atoms with van der Waals surface area (Å²) in [6.07, 6.45) is 5.58. The first-order valence-electron chi connectivity index (χ1n) is 4.74. The van der Waals surface area contributed by atoms with E-state index in [2.05, 4.69) is 9.97 Å². The van der Waals surface area contributed by atoms with Crippen LogP contribution in [0.25, 0.3) is 11.3 Å². The van der Waals surface area contributed by atoms with Crippen molar-refractivity contribution in [3.8, 4) is 17.0 Å². The van der Waals surface area contributed by atoms with Crippen LogP contribution in [0.5, 0.6) is 5.75 Å². The van der Waals surface area contributed by atoms with Crippen LogP contribution in [0.1, 0.15) is 10.4 Å². The smallest absolute Gasteiger partial charge is 0.150 e. The number of ether oxygens (including phenoxy) is 1. The molecule has 0 saturated carbocycles. The SMILES string of the molecule is COc1ccc(C=O)c(-c2cnccn2)c1. The number of methoxy groups -OCH3 is 1. The highest BCUT2D eigenvalue weighted by Gasteiger charge is 2.07. The van der Waals surface area contributed by atoms with Crippen LogP contribution < -0.4 is 4.74 Å². The highest BCUT2D eigenvalue weighted by molar-refractivity contribution is 5.87. The van der Waals surface area contributed by atoms with Crippen molar-refractivity contribution in [2.75, 3.05) is 7.11 Å². The van der Waals surface area contributed by atoms with E-state index in [1.165, 1.54) is 0 Å². The van der Waals surface area contributed by atoms with E-state index in [-0.39, 0.29) is 0 Å². The van der Waals surface area contributed by atoms with Crippen LogP contribution in [0, 0.1) is 0 Å². The quantitative estimate of drug-likeness (QED) is 0.733. The molecule has 0 amide bonds. The van der Waals surface area contributed by atoms with Gasteiger partial charge in [-0.2, -0.15) is 0 Å². The van der Waals surface area contributed by atoms with Gasteiger partial charge in [0.25, 0.3) is 0 Å². The van der Waals surface area contributed by atoms with Crippen molar-refractivity contribution in [2.24, 2.45) is 0 Å². The van der Waals surface area contributed by atoms with Gasteiger partial charge in [-0.3, -0.25) is 14.8 Å². The Balaban J connectivity index is 2.57. The van der Waals surface area contributed by atoms with E-state index in [4.69, 9.17) is 4.74 Å². The summed E-state index contributed by atoms with van der Waals surface area (Å²) in [7, 11) is 1.58. The van der Waals surface area contributed by atoms with Gasteiger partial charge in [-0.15, -0.1) is 0 Å². The number of hydrogen-bond acceptors (Lipinski definition) is 4. The van der Waals surface area contributed by atoms with Crippen molar-refractivity contribution >= 4 is 6.29 Å². The molecule has 16 heavy (non-hydrogen) atoms. The van der Waals surface area contributed by atoms with Crippen LogP contribution in [0.15, 0.2) is 36.8 Å². The monoisotopic (exact) mass is 214 g/mol. The van der Waals surface area contributed by atoms with Crippen molar-refractivity contribution in [1.82, 2.24) is 9.97 Å². The summed E-state index contributed by atoms with van der Waals surface area (Å²) in [5.74, 6) is 0.686. The number of hydrogen-bond donors (Lipinski definition) is 0. The Bertz CT molecular complexity index is 498. The lowest BCUT2D eigenvalue weighted by atomic mass is 10.1. The van der Waals surface area contributed by atoms with E-state index in [1.54, 1.807) is 43.9 Å². The summed E-state index contributed by atoms with van der Waals surface area (Å²) < 4.78 is 5.11. The number of aldehydes is 1. The second-order valence-corrected chi connectivity index (χ2v) is 3.16. The van der Waals surface area contributed by atoms with E-state index in [0.717, 1.165) is 11.8 Å². The van der Waals surface area contributed by atoms with Gasteiger partial charge in [-0.25, -0.2) is 0 Å². The Morgan fingerprint density at radius 2 is 2.19 bits per heavy atom. The molecule has 4 nitrogen and oxygen atoms in total. The fraction of sp³-hybridized carbons (Fsp3) is 0.0833. The molecular formula is C12H10N2O2. The third-order valence-corrected chi connectivity index (χ3v) is 2.23. The second kappa shape index (κ2) is 4.53. The zero-order valence-electron chi connectivity index (χ0n) is 8.75. The van der Waals surface area contributed by atoms with Crippen LogP contribution in [-0.4, -0.2) is 23.4 Å². The molecular weight excluding hydrogens is 204 g/mol. The maximum Gasteiger partial charge on any atom is 0.150 e. The van der Waals surface area contributed by atoms with Crippen LogP contribution in [0.3, 0.4) is 0 Å². The maximum atomic E-state index is 10.9. The summed E-state index contributed by atoms with van der Waals surface area (Å²) in [5.41, 5.74) is 1.95. The molecule has 1 aromatic carbocycles. The van der Waals surface area contributed by atoms with Crippen molar-refractivity contribution in [3.05, 3.63) is 42.4 Å². The largest absolute Gasteiger partial charge is 0.497 e. The molecule has 0 saturated heterocycles. The number of carbonyl (C=O) groups excluding carboxylic acids is 1. The van der Waals surface area contributed by atoms with Gasteiger partial charge in [0.15, 0.2) is 6.29 Å². The number of benzene rings is 1. The van der Waals surface area contributed by atoms with Crippen LogP contribution >= 0.6 is 0 Å². The van der Waals surface area contributed by atoms with E-state index in [0.29, 0.717) is 17.0 Å². The summed E-state index contributed by atoms with van der Waals surface area (Å²) >= 11 is 0. The number of carbonyl (C=O) groups is 1. The van der Waals surface area contributed by atoms with E-state index < -0.39 is 0 Å². The van der Waals surface area contributed by atoms with Crippen molar-refractivity contribution in [1.29, 1.82) is 0 Å². The Kier molecular flexibility index (Phi) is 2.91. The zero-order chi connectivity index (χ0) is 11.4. The van der Waals surface area contributed by atoms with Gasteiger partial charge in [0.1, 0.15) is 5.75 Å². The molecule has 0 bridgehead atoms. The minimum Gasteiger partial charge on any atom is -0.497 e. The maximum absolute atomic E-state index is 10.9. The first-order chi connectivity index (χ1) is 7.85. The summed E-state index contributed by atoms with van der Waals surface area (Å²) in [6, 6.07) is 5.22. The van der Waals surface area contributed by atoms with Crippen molar-refractivity contribution < 1.29 is 9.53 Å². The fourth-order valence-corrected chi connectivity index (χ4v) is 1.43. The normalized spacial score (nSPS) is 9.81. The Morgan fingerprint density at radius 1 is 1.31 bits per heavy atom. The lowest BCUT2D eigenvalue weighted by Crippen LogP contribution is -1.92. The molecule has 4 heteroatoms. The molecule has 0 radical (unpaired) electrons. The lowest BCUT2D eigenvalue weighted by molar-refractivity contribution is 0.112. The van der Waals surface area contributed by atoms with E-state index in [9.17, 15) is 4.79 Å². The van der Waals surface area contributed by atoms with E-state index >= 15 is 0 Å². The third kappa shape index (κ3) is 1.91. The van der Waals surface area contributed by atoms with Gasteiger partial charge >= 0.3 is 0 Å². The molecule has 0 unspecified atom stereocenters. The van der Waals surface area contributed by atoms with Crippen molar-refractivity contribution in [3.63, 3.8) is 0 Å². The van der Waals surface area contributed by atoms with Crippen LogP contribution in [0.2, 0.25) is 0 Å². The van der Waals surface area contributed by atoms with E-state index in [1.807, 2.05) is 0 Å². The minimum atomic E-state index is 0.571. The average molecular weight is 214 g/mol. The summed E-state index contributed by atoms with van der Waals surface area (Å²) in [4.78, 5) is 19.0. The summed E-state index contributed by atoms with van der Waals surface area (Å²) in [6.45, 7) is 0. The molecule has 1 aromatic heterocycles. The molecule has 0 aliphatic carbocycles. The Morgan fingerprint density at radius 3 is 2.81 bits per heavy atom. The van der Waals surface area contributed by atoms with Gasteiger partial charge in [0.05, 0.1) is 19.0 Å². The first-order valence-corrected chi connectivity index (χ1v) is 4.74. The molecule has 0 fully saturated rings. The highest BCUT2D eigenvalue weighted by atomic mass is 16.5.